The van der Waals surface area contributed by atoms with Gasteiger partial charge in [-0.1, -0.05) is 133 Å². The van der Waals surface area contributed by atoms with Crippen LogP contribution in [-0.4, -0.2) is 7.28 Å². The molecule has 0 amide bonds. The Morgan fingerprint density at radius 2 is 1.12 bits per heavy atom. The van der Waals surface area contributed by atoms with Crippen LogP contribution in [0.5, 0.6) is 0 Å². The van der Waals surface area contributed by atoms with Gasteiger partial charge in [0.2, 0.25) is 0 Å². The number of allylic oxidation sites excluding steroid dienone is 3. The summed E-state index contributed by atoms with van der Waals surface area (Å²) in [4.78, 5) is 10.2. The van der Waals surface area contributed by atoms with E-state index in [0.717, 1.165) is 42.9 Å². The molecule has 0 radical (unpaired) electrons. The first kappa shape index (κ1) is 35.2. The molecule has 0 saturated carbocycles. The van der Waals surface area contributed by atoms with E-state index in [2.05, 4.69) is 234 Å². The summed E-state index contributed by atoms with van der Waals surface area (Å²) in [5, 5.41) is 4.09. The molecule has 8 aromatic rings. The van der Waals surface area contributed by atoms with Gasteiger partial charge >= 0.3 is 0 Å². The van der Waals surface area contributed by atoms with Gasteiger partial charge < -0.3 is 15.1 Å². The summed E-state index contributed by atoms with van der Waals surface area (Å²) in [6, 6.07) is 73.8. The standard InChI is InChI=1S/C54H42BN3S/c1-6-21-39(22-7-1)57(40-23-8-2-9-24-40)42-37-46(53-50(38-42)58(41-25-10-3-11-26-41)49-34-18-16-32-47(49)55-53)45-31-20-36-52-54(45)56-48-33-17-19-35-51(48)59(52,43-27-12-4-13-28-43)44-29-14-5-15-30-44/h1-2,4-10,12-38,55-56H,3,11H2. The highest BCUT2D eigenvalue weighted by molar-refractivity contribution is 8.34. The van der Waals surface area contributed by atoms with Gasteiger partial charge in [0.25, 0.3) is 0 Å². The highest BCUT2D eigenvalue weighted by Gasteiger charge is 2.41. The highest BCUT2D eigenvalue weighted by atomic mass is 32.3. The molecule has 3 aliphatic rings. The van der Waals surface area contributed by atoms with Gasteiger partial charge in [-0.2, -0.15) is 0 Å². The van der Waals surface area contributed by atoms with Crippen molar-refractivity contribution < 1.29 is 0 Å². The molecule has 0 fully saturated rings. The zero-order chi connectivity index (χ0) is 39.2. The van der Waals surface area contributed by atoms with Crippen molar-refractivity contribution in [3.05, 3.63) is 224 Å². The number of para-hydroxylation sites is 5. The molecule has 0 atom stereocenters. The number of nitrogens with zero attached hydrogens (tertiary/aromatic N) is 2. The monoisotopic (exact) mass is 775 g/mol. The van der Waals surface area contributed by atoms with Crippen LogP contribution in [0.15, 0.2) is 244 Å². The van der Waals surface area contributed by atoms with Gasteiger partial charge in [0.15, 0.2) is 7.28 Å². The molecular formula is C54H42BN3S. The third-order valence-electron chi connectivity index (χ3n) is 11.9. The molecule has 2 heterocycles. The number of anilines is 7. The van der Waals surface area contributed by atoms with Crippen LogP contribution in [0.3, 0.4) is 0 Å². The van der Waals surface area contributed by atoms with Crippen LogP contribution in [0.2, 0.25) is 0 Å². The molecule has 8 aromatic carbocycles. The van der Waals surface area contributed by atoms with E-state index in [1.807, 2.05) is 0 Å². The van der Waals surface area contributed by atoms with E-state index in [1.54, 1.807) is 0 Å². The molecule has 0 saturated heterocycles. The molecule has 0 spiro atoms. The second kappa shape index (κ2) is 14.8. The Bertz CT molecular complexity index is 2810. The third-order valence-corrected chi connectivity index (χ3v) is 15.9. The van der Waals surface area contributed by atoms with Gasteiger partial charge in [-0.25, -0.2) is 0 Å². The summed E-state index contributed by atoms with van der Waals surface area (Å²) >= 11 is 0. The second-order valence-corrected chi connectivity index (χ2v) is 18.3. The van der Waals surface area contributed by atoms with E-state index in [0.29, 0.717) is 0 Å². The maximum Gasteiger partial charge on any atom is 0.198 e. The SMILES string of the molecule is B1c2ccccc2N(C2=CCCC=C2)c2cc(N(c3ccccc3)c3ccccc3)cc(-c3cccc4c3Nc3ccccc3S4(c3ccccc3)c3ccccc3)c21. The smallest absolute Gasteiger partial charge is 0.198 e. The van der Waals surface area contributed by atoms with Gasteiger partial charge in [-0.15, -0.1) is 10.0 Å². The van der Waals surface area contributed by atoms with Crippen molar-refractivity contribution in [2.75, 3.05) is 15.1 Å². The lowest BCUT2D eigenvalue weighted by molar-refractivity contribution is 0.998. The summed E-state index contributed by atoms with van der Waals surface area (Å²) in [5.74, 6) is 0. The number of benzene rings is 8. The quantitative estimate of drug-likeness (QED) is 0.163. The Balaban J connectivity index is 1.24. The first-order valence-corrected chi connectivity index (χ1v) is 22.2. The van der Waals surface area contributed by atoms with Crippen molar-refractivity contribution in [2.24, 2.45) is 0 Å². The molecular weight excluding hydrogens is 733 g/mol. The van der Waals surface area contributed by atoms with Gasteiger partial charge in [0.1, 0.15) is 0 Å². The van der Waals surface area contributed by atoms with Crippen LogP contribution in [0.25, 0.3) is 11.1 Å². The molecule has 59 heavy (non-hydrogen) atoms. The Morgan fingerprint density at radius 3 is 1.80 bits per heavy atom. The largest absolute Gasteiger partial charge is 0.353 e. The second-order valence-electron chi connectivity index (χ2n) is 15.3. The van der Waals surface area contributed by atoms with E-state index >= 15 is 0 Å². The van der Waals surface area contributed by atoms with Crippen molar-refractivity contribution in [1.82, 2.24) is 0 Å². The molecule has 1 aliphatic carbocycles. The fourth-order valence-electron chi connectivity index (χ4n) is 9.36. The number of hydrogen-bond acceptors (Lipinski definition) is 3. The molecule has 0 bridgehead atoms. The average molecular weight is 776 g/mol. The van der Waals surface area contributed by atoms with Crippen LogP contribution in [0.1, 0.15) is 12.8 Å². The summed E-state index contributed by atoms with van der Waals surface area (Å²) in [6.45, 7) is 0. The molecule has 11 rings (SSSR count). The summed E-state index contributed by atoms with van der Waals surface area (Å²) in [7, 11) is -1.10. The number of nitrogens with one attached hydrogen (secondary N) is 1. The fourth-order valence-corrected chi connectivity index (χ4v) is 13.5. The lowest BCUT2D eigenvalue weighted by Gasteiger charge is -2.47. The maximum absolute atomic E-state index is 4.09. The van der Waals surface area contributed by atoms with Crippen LogP contribution in [-0.2, 0) is 0 Å². The average Bonchev–Trinajstić information content (AvgIpc) is 3.31. The van der Waals surface area contributed by atoms with E-state index < -0.39 is 10.0 Å². The Labute approximate surface area is 349 Å². The van der Waals surface area contributed by atoms with Crippen LogP contribution in [0.4, 0.5) is 39.8 Å². The lowest BCUT2D eigenvalue weighted by Crippen LogP contribution is -2.42. The van der Waals surface area contributed by atoms with Crippen LogP contribution in [0, 0.1) is 0 Å². The normalized spacial score (nSPS) is 14.9. The Morgan fingerprint density at radius 1 is 0.508 bits per heavy atom. The third kappa shape index (κ3) is 5.84. The minimum Gasteiger partial charge on any atom is -0.353 e. The maximum atomic E-state index is 4.09. The Kier molecular flexibility index (Phi) is 8.82. The Hall–Kier alpha value is -6.95. The molecule has 1 N–H and O–H groups in total. The van der Waals surface area contributed by atoms with Crippen LogP contribution < -0.4 is 26.0 Å². The molecule has 0 aromatic heterocycles. The summed E-state index contributed by atoms with van der Waals surface area (Å²) in [5.41, 5.74) is 14.4. The van der Waals surface area contributed by atoms with Gasteiger partial charge in [0.05, 0.1) is 11.4 Å². The molecule has 0 unspecified atom stereocenters. The van der Waals surface area contributed by atoms with E-state index in [4.69, 9.17) is 0 Å². The van der Waals surface area contributed by atoms with Crippen molar-refractivity contribution in [3.8, 4) is 11.1 Å². The highest BCUT2D eigenvalue weighted by Crippen LogP contribution is 2.78. The van der Waals surface area contributed by atoms with Gasteiger partial charge in [-0.3, -0.25) is 0 Å². The zero-order valence-electron chi connectivity index (χ0n) is 32.7. The number of hydrogen-bond donors (Lipinski definition) is 1. The predicted octanol–water partition coefficient (Wildman–Crippen LogP) is 13.3. The predicted molar refractivity (Wildman–Crippen MR) is 251 cm³/mol. The first-order chi connectivity index (χ1) is 29.3. The molecule has 3 nitrogen and oxygen atoms in total. The summed E-state index contributed by atoms with van der Waals surface area (Å²) in [6.07, 6.45) is 9.12. The zero-order valence-corrected chi connectivity index (χ0v) is 33.5. The van der Waals surface area contributed by atoms with Crippen molar-refractivity contribution in [3.63, 3.8) is 0 Å². The fraction of sp³-hybridized carbons (Fsp3) is 0.0370. The molecule has 5 heteroatoms. The van der Waals surface area contributed by atoms with Gasteiger partial charge in [0, 0.05) is 59.3 Å². The molecule has 282 valence electrons. The van der Waals surface area contributed by atoms with E-state index in [-0.39, 0.29) is 0 Å². The van der Waals surface area contributed by atoms with E-state index in [1.165, 1.54) is 64.4 Å². The molecule has 2 aliphatic heterocycles. The lowest BCUT2D eigenvalue weighted by atomic mass is 9.58. The van der Waals surface area contributed by atoms with Crippen molar-refractivity contribution >= 4 is 68.0 Å². The first-order valence-electron chi connectivity index (χ1n) is 20.5. The van der Waals surface area contributed by atoms with Gasteiger partial charge in [-0.05, 0) is 115 Å². The number of rotatable bonds is 7. The van der Waals surface area contributed by atoms with Crippen LogP contribution >= 0.6 is 10.0 Å². The topological polar surface area (TPSA) is 18.5 Å². The van der Waals surface area contributed by atoms with Crippen molar-refractivity contribution in [1.29, 1.82) is 0 Å². The number of fused-ring (bicyclic) bond motifs is 4. The van der Waals surface area contributed by atoms with E-state index in [9.17, 15) is 0 Å². The summed E-state index contributed by atoms with van der Waals surface area (Å²) < 4.78 is 0. The minimum atomic E-state index is -1.92. The van der Waals surface area contributed by atoms with Crippen molar-refractivity contribution in [2.45, 2.75) is 32.4 Å². The minimum absolute atomic E-state index is 0.820.